The quantitative estimate of drug-likeness (QED) is 0.409. The highest BCUT2D eigenvalue weighted by Crippen LogP contribution is 2.28. The molecule has 1 aromatic heterocycles. The van der Waals surface area contributed by atoms with Gasteiger partial charge in [-0.05, 0) is 68.8 Å². The number of rotatable bonds is 10. The number of aryl methyl sites for hydroxylation is 1. The smallest absolute Gasteiger partial charge is 0.248 e. The minimum atomic E-state index is -0.235. The van der Waals surface area contributed by atoms with Crippen LogP contribution in [0.1, 0.15) is 25.1 Å². The van der Waals surface area contributed by atoms with Crippen LogP contribution in [-0.2, 0) is 4.79 Å². The molecule has 178 valence electrons. The number of nitrogens with one attached hydrogen (secondary N) is 2. The fraction of sp³-hybridized carbons (Fsp3) is 0.269. The lowest BCUT2D eigenvalue weighted by Crippen LogP contribution is -2.23. The van der Waals surface area contributed by atoms with Gasteiger partial charge >= 0.3 is 0 Å². The summed E-state index contributed by atoms with van der Waals surface area (Å²) in [5, 5.41) is 6.09. The van der Waals surface area contributed by atoms with E-state index in [1.807, 2.05) is 49.4 Å². The molecule has 0 aliphatic rings. The predicted molar refractivity (Wildman–Crippen MR) is 137 cm³/mol. The van der Waals surface area contributed by atoms with Gasteiger partial charge in [0.2, 0.25) is 11.9 Å². The van der Waals surface area contributed by atoms with Crippen molar-refractivity contribution in [2.24, 2.45) is 0 Å². The van der Waals surface area contributed by atoms with Gasteiger partial charge in [-0.2, -0.15) is 4.98 Å². The molecule has 8 nitrogen and oxygen atoms in total. The molecule has 2 aromatic carbocycles. The fourth-order valence-corrected chi connectivity index (χ4v) is 3.40. The van der Waals surface area contributed by atoms with E-state index in [4.69, 9.17) is 9.47 Å². The van der Waals surface area contributed by atoms with Gasteiger partial charge in [0.05, 0.1) is 14.2 Å². The maximum Gasteiger partial charge on any atom is 0.248 e. The number of benzene rings is 2. The number of anilines is 4. The van der Waals surface area contributed by atoms with E-state index < -0.39 is 0 Å². The monoisotopic (exact) mass is 461 g/mol. The molecule has 3 aromatic rings. The highest BCUT2D eigenvalue weighted by atomic mass is 16.5. The van der Waals surface area contributed by atoms with E-state index >= 15 is 0 Å². The van der Waals surface area contributed by atoms with Crippen LogP contribution in [0.5, 0.6) is 11.5 Å². The third-order valence-electron chi connectivity index (χ3n) is 5.17. The molecule has 0 spiro atoms. The number of carbonyl (C=O) groups excluding carboxylic acids is 1. The number of amides is 1. The second-order valence-corrected chi connectivity index (χ2v) is 7.50. The van der Waals surface area contributed by atoms with Crippen molar-refractivity contribution >= 4 is 35.1 Å². The molecule has 2 N–H and O–H groups in total. The van der Waals surface area contributed by atoms with Gasteiger partial charge in [0, 0.05) is 42.3 Å². The van der Waals surface area contributed by atoms with Crippen molar-refractivity contribution in [3.63, 3.8) is 0 Å². The van der Waals surface area contributed by atoms with Crippen LogP contribution >= 0.6 is 0 Å². The van der Waals surface area contributed by atoms with E-state index in [2.05, 4.69) is 39.3 Å². The Bertz CT molecular complexity index is 1140. The summed E-state index contributed by atoms with van der Waals surface area (Å²) in [6.45, 7) is 7.91. The minimum Gasteiger partial charge on any atom is -0.493 e. The topological polar surface area (TPSA) is 88.6 Å². The first kappa shape index (κ1) is 24.6. The molecular formula is C26H31N5O3. The van der Waals surface area contributed by atoms with Crippen molar-refractivity contribution < 1.29 is 14.3 Å². The van der Waals surface area contributed by atoms with Crippen LogP contribution in [0.25, 0.3) is 6.08 Å². The molecule has 1 heterocycles. The zero-order valence-electron chi connectivity index (χ0n) is 20.3. The van der Waals surface area contributed by atoms with Crippen LogP contribution < -0.4 is 25.0 Å². The molecule has 0 unspecified atom stereocenters. The molecule has 0 saturated heterocycles. The third-order valence-corrected chi connectivity index (χ3v) is 5.17. The average molecular weight is 462 g/mol. The predicted octanol–water partition coefficient (Wildman–Crippen LogP) is 5.04. The molecule has 0 radical (unpaired) electrons. The lowest BCUT2D eigenvalue weighted by Gasteiger charge is -2.20. The summed E-state index contributed by atoms with van der Waals surface area (Å²) < 4.78 is 10.5. The number of hydrogen-bond donors (Lipinski definition) is 2. The largest absolute Gasteiger partial charge is 0.493 e. The molecule has 34 heavy (non-hydrogen) atoms. The molecule has 0 aliphatic carbocycles. The molecule has 0 bridgehead atoms. The van der Waals surface area contributed by atoms with Crippen LogP contribution in [0, 0.1) is 6.92 Å². The third kappa shape index (κ3) is 6.48. The first-order valence-electron chi connectivity index (χ1n) is 11.1. The Morgan fingerprint density at radius 3 is 2.26 bits per heavy atom. The van der Waals surface area contributed by atoms with Gasteiger partial charge in [0.1, 0.15) is 5.82 Å². The summed E-state index contributed by atoms with van der Waals surface area (Å²) in [5.41, 5.74) is 3.23. The molecular weight excluding hydrogens is 430 g/mol. The SMILES string of the molecule is CCN(CC)c1cc(C)nc(Nc2ccc(NC(=O)/C=C/c3ccc(OC)c(OC)c3)cc2)n1. The first-order valence-corrected chi connectivity index (χ1v) is 11.1. The van der Waals surface area contributed by atoms with Crippen molar-refractivity contribution in [3.05, 3.63) is 65.9 Å². The second kappa shape index (κ2) is 11.7. The van der Waals surface area contributed by atoms with Gasteiger partial charge < -0.3 is 25.0 Å². The Labute approximate surface area is 200 Å². The Hall–Kier alpha value is -4.07. The molecule has 0 fully saturated rings. The van der Waals surface area contributed by atoms with Crippen LogP contribution in [0.3, 0.4) is 0 Å². The Kier molecular flexibility index (Phi) is 8.45. The summed E-state index contributed by atoms with van der Waals surface area (Å²) in [6, 6.07) is 14.8. The summed E-state index contributed by atoms with van der Waals surface area (Å²) in [7, 11) is 3.16. The van der Waals surface area contributed by atoms with E-state index in [9.17, 15) is 4.79 Å². The van der Waals surface area contributed by atoms with Crippen molar-refractivity contribution in [1.82, 2.24) is 9.97 Å². The number of aromatic nitrogens is 2. The zero-order chi connectivity index (χ0) is 24.5. The molecule has 0 aliphatic heterocycles. The maximum atomic E-state index is 12.3. The summed E-state index contributed by atoms with van der Waals surface area (Å²) >= 11 is 0. The lowest BCUT2D eigenvalue weighted by molar-refractivity contribution is -0.111. The molecule has 0 saturated carbocycles. The van der Waals surface area contributed by atoms with Gasteiger partial charge in [-0.1, -0.05) is 6.07 Å². The number of carbonyl (C=O) groups is 1. The van der Waals surface area contributed by atoms with E-state index in [0.717, 1.165) is 35.9 Å². The Balaban J connectivity index is 1.63. The van der Waals surface area contributed by atoms with E-state index in [0.29, 0.717) is 23.1 Å². The van der Waals surface area contributed by atoms with Crippen LogP contribution in [0.2, 0.25) is 0 Å². The van der Waals surface area contributed by atoms with E-state index in [-0.39, 0.29) is 5.91 Å². The van der Waals surface area contributed by atoms with Crippen LogP contribution in [-0.4, -0.2) is 43.2 Å². The molecule has 3 rings (SSSR count). The van der Waals surface area contributed by atoms with Crippen LogP contribution in [0.4, 0.5) is 23.1 Å². The molecule has 0 atom stereocenters. The summed E-state index contributed by atoms with van der Waals surface area (Å²) in [4.78, 5) is 23.6. The zero-order valence-corrected chi connectivity index (χ0v) is 20.3. The van der Waals surface area contributed by atoms with E-state index in [1.54, 1.807) is 26.4 Å². The van der Waals surface area contributed by atoms with Gasteiger partial charge in [-0.3, -0.25) is 4.79 Å². The van der Waals surface area contributed by atoms with Gasteiger partial charge in [0.25, 0.3) is 0 Å². The summed E-state index contributed by atoms with van der Waals surface area (Å²) in [6.07, 6.45) is 3.19. The first-order chi connectivity index (χ1) is 16.4. The minimum absolute atomic E-state index is 0.235. The number of methoxy groups -OCH3 is 2. The number of ether oxygens (including phenoxy) is 2. The highest BCUT2D eigenvalue weighted by Gasteiger charge is 2.08. The summed E-state index contributed by atoms with van der Waals surface area (Å²) in [5.74, 6) is 2.44. The Morgan fingerprint density at radius 1 is 0.941 bits per heavy atom. The van der Waals surface area contributed by atoms with Crippen molar-refractivity contribution in [1.29, 1.82) is 0 Å². The van der Waals surface area contributed by atoms with Crippen molar-refractivity contribution in [2.75, 3.05) is 42.8 Å². The number of hydrogen-bond acceptors (Lipinski definition) is 7. The van der Waals surface area contributed by atoms with E-state index in [1.165, 1.54) is 6.08 Å². The average Bonchev–Trinajstić information content (AvgIpc) is 2.84. The molecule has 8 heteroatoms. The van der Waals surface area contributed by atoms with Crippen molar-refractivity contribution in [3.8, 4) is 11.5 Å². The van der Waals surface area contributed by atoms with Gasteiger partial charge in [-0.25, -0.2) is 4.98 Å². The maximum absolute atomic E-state index is 12.3. The van der Waals surface area contributed by atoms with Gasteiger partial charge in [0.15, 0.2) is 11.5 Å². The van der Waals surface area contributed by atoms with Crippen LogP contribution in [0.15, 0.2) is 54.6 Å². The Morgan fingerprint density at radius 2 is 1.62 bits per heavy atom. The van der Waals surface area contributed by atoms with Crippen molar-refractivity contribution in [2.45, 2.75) is 20.8 Å². The lowest BCUT2D eigenvalue weighted by atomic mass is 10.2. The standard InChI is InChI=1S/C26H31N5O3/c1-6-31(7-2)24-16-18(3)27-26(30-24)29-21-12-10-20(11-13-21)28-25(32)15-9-19-8-14-22(33-4)23(17-19)34-5/h8-17H,6-7H2,1-5H3,(H,28,32)(H,27,29,30)/b15-9+. The molecule has 1 amide bonds. The number of nitrogens with zero attached hydrogens (tertiary/aromatic N) is 3. The highest BCUT2D eigenvalue weighted by molar-refractivity contribution is 6.02. The second-order valence-electron chi connectivity index (χ2n) is 7.50. The van der Waals surface area contributed by atoms with Gasteiger partial charge in [-0.15, -0.1) is 0 Å². The fourth-order valence-electron chi connectivity index (χ4n) is 3.40. The normalized spacial score (nSPS) is 10.7.